The predicted octanol–water partition coefficient (Wildman–Crippen LogP) is -2.12. The Kier molecular flexibility index (Phi) is 6.70. The van der Waals surface area contributed by atoms with Gasteiger partial charge in [0.2, 0.25) is 12.1 Å². The van der Waals surface area contributed by atoms with Gasteiger partial charge in [0.1, 0.15) is 23.9 Å². The minimum Gasteiger partial charge on any atom is -0.390 e. The Morgan fingerprint density at radius 1 is 1.04 bits per heavy atom. The molecule has 0 aromatic heterocycles. The first-order valence-corrected chi connectivity index (χ1v) is 9.23. The molecular weight excluding hydrogens is 344 g/mol. The number of aliphatic hydroxyl groups is 5. The SMILES string of the molecule is CCC(O)(CC(C)C)C1(O)OC2C(NC)C(O)C(NC)C(O)C2OC1O. The van der Waals surface area contributed by atoms with Crippen molar-refractivity contribution in [2.45, 2.75) is 87.8 Å². The molecule has 0 amide bonds. The molecule has 9 unspecified atom stereocenters. The highest BCUT2D eigenvalue weighted by atomic mass is 16.7. The summed E-state index contributed by atoms with van der Waals surface area (Å²) >= 11 is 0. The number of hydrogen-bond acceptors (Lipinski definition) is 9. The van der Waals surface area contributed by atoms with Crippen LogP contribution in [0.15, 0.2) is 0 Å². The normalized spacial score (nSPS) is 46.0. The van der Waals surface area contributed by atoms with E-state index in [2.05, 4.69) is 10.6 Å². The molecule has 7 N–H and O–H groups in total. The zero-order chi connectivity index (χ0) is 19.9. The van der Waals surface area contributed by atoms with Gasteiger partial charge >= 0.3 is 0 Å². The average molecular weight is 378 g/mol. The van der Waals surface area contributed by atoms with E-state index in [0.717, 1.165) is 0 Å². The molecule has 1 aliphatic carbocycles. The Bertz CT molecular complexity index is 482. The van der Waals surface area contributed by atoms with Gasteiger partial charge in [-0.3, -0.25) is 0 Å². The summed E-state index contributed by atoms with van der Waals surface area (Å²) in [6.45, 7) is 5.44. The van der Waals surface area contributed by atoms with Crippen molar-refractivity contribution in [3.05, 3.63) is 0 Å². The van der Waals surface area contributed by atoms with E-state index >= 15 is 0 Å². The van der Waals surface area contributed by atoms with Crippen LogP contribution in [0.1, 0.15) is 33.6 Å². The molecule has 2 rings (SSSR count). The van der Waals surface area contributed by atoms with Crippen LogP contribution in [0, 0.1) is 5.92 Å². The molecule has 1 aliphatic heterocycles. The fourth-order valence-electron chi connectivity index (χ4n) is 4.26. The molecule has 26 heavy (non-hydrogen) atoms. The molecular formula is C17H34N2O7. The van der Waals surface area contributed by atoms with Crippen molar-refractivity contribution >= 4 is 0 Å². The summed E-state index contributed by atoms with van der Waals surface area (Å²) in [6, 6.07) is -1.41. The lowest BCUT2D eigenvalue weighted by molar-refractivity contribution is -0.456. The monoisotopic (exact) mass is 378 g/mol. The second-order valence-electron chi connectivity index (χ2n) is 7.83. The fraction of sp³-hybridized carbons (Fsp3) is 1.00. The van der Waals surface area contributed by atoms with Crippen LogP contribution >= 0.6 is 0 Å². The summed E-state index contributed by atoms with van der Waals surface area (Å²) in [6.07, 6.45) is -5.75. The van der Waals surface area contributed by atoms with Crippen molar-refractivity contribution in [1.29, 1.82) is 0 Å². The van der Waals surface area contributed by atoms with Gasteiger partial charge in [-0.2, -0.15) is 0 Å². The van der Waals surface area contributed by atoms with Crippen molar-refractivity contribution in [3.8, 4) is 0 Å². The standard InChI is InChI=1S/C17H34N2O7/c1-6-16(23,7-8(2)3)17(24)15(22)25-14-12(21)9(18-4)11(20)10(19-5)13(14)26-17/h8-15,18-24H,6-7H2,1-5H3. The first kappa shape index (κ1) is 21.9. The Labute approximate surface area is 154 Å². The first-order chi connectivity index (χ1) is 12.1. The van der Waals surface area contributed by atoms with E-state index in [1.165, 1.54) is 0 Å². The molecule has 0 radical (unpaired) electrons. The van der Waals surface area contributed by atoms with E-state index < -0.39 is 54.2 Å². The topological polar surface area (TPSA) is 144 Å². The molecule has 1 heterocycles. The summed E-state index contributed by atoms with van der Waals surface area (Å²) in [5, 5.41) is 59.5. The van der Waals surface area contributed by atoms with Gasteiger partial charge in [-0.15, -0.1) is 0 Å². The number of fused-ring (bicyclic) bond motifs is 1. The molecule has 154 valence electrons. The van der Waals surface area contributed by atoms with Crippen LogP contribution in [-0.2, 0) is 9.47 Å². The molecule has 0 aromatic rings. The van der Waals surface area contributed by atoms with Crippen molar-refractivity contribution in [2.75, 3.05) is 14.1 Å². The zero-order valence-corrected chi connectivity index (χ0v) is 16.1. The minimum atomic E-state index is -2.39. The minimum absolute atomic E-state index is 0.0220. The summed E-state index contributed by atoms with van der Waals surface area (Å²) in [5.41, 5.74) is -1.76. The molecule has 1 saturated carbocycles. The van der Waals surface area contributed by atoms with E-state index in [0.29, 0.717) is 0 Å². The van der Waals surface area contributed by atoms with E-state index in [4.69, 9.17) is 9.47 Å². The third-order valence-corrected chi connectivity index (χ3v) is 5.72. The number of ether oxygens (including phenoxy) is 2. The third kappa shape index (κ3) is 3.41. The summed E-state index contributed by atoms with van der Waals surface area (Å²) in [7, 11) is 3.21. The summed E-state index contributed by atoms with van der Waals surface area (Å²) < 4.78 is 11.3. The second kappa shape index (κ2) is 7.94. The van der Waals surface area contributed by atoms with Crippen LogP contribution in [0.4, 0.5) is 0 Å². The fourth-order valence-corrected chi connectivity index (χ4v) is 4.26. The lowest BCUT2D eigenvalue weighted by Crippen LogP contribution is -2.78. The molecule has 2 fully saturated rings. The van der Waals surface area contributed by atoms with Crippen LogP contribution in [0.3, 0.4) is 0 Å². The molecule has 0 aromatic carbocycles. The van der Waals surface area contributed by atoms with Crippen LogP contribution < -0.4 is 10.6 Å². The zero-order valence-electron chi connectivity index (χ0n) is 16.1. The molecule has 0 spiro atoms. The Morgan fingerprint density at radius 3 is 2.08 bits per heavy atom. The third-order valence-electron chi connectivity index (χ3n) is 5.72. The van der Waals surface area contributed by atoms with E-state index in [9.17, 15) is 25.5 Å². The van der Waals surface area contributed by atoms with Gasteiger partial charge in [0.15, 0.2) is 0 Å². The van der Waals surface area contributed by atoms with Crippen molar-refractivity contribution in [3.63, 3.8) is 0 Å². The number of nitrogens with one attached hydrogen (secondary N) is 2. The largest absolute Gasteiger partial charge is 0.390 e. The number of hydrogen-bond donors (Lipinski definition) is 7. The molecule has 9 nitrogen and oxygen atoms in total. The van der Waals surface area contributed by atoms with Gasteiger partial charge in [0.25, 0.3) is 0 Å². The van der Waals surface area contributed by atoms with Crippen molar-refractivity contribution in [2.24, 2.45) is 5.92 Å². The molecule has 9 heteroatoms. The second-order valence-corrected chi connectivity index (χ2v) is 7.83. The molecule has 9 atom stereocenters. The van der Waals surface area contributed by atoms with Gasteiger partial charge in [-0.1, -0.05) is 20.8 Å². The van der Waals surface area contributed by atoms with Gasteiger partial charge in [0, 0.05) is 0 Å². The predicted molar refractivity (Wildman–Crippen MR) is 93.1 cm³/mol. The Balaban J connectivity index is 2.39. The Hall–Kier alpha value is -0.360. The molecule has 1 saturated heterocycles. The highest BCUT2D eigenvalue weighted by Crippen LogP contribution is 2.43. The lowest BCUT2D eigenvalue weighted by atomic mass is 9.77. The highest BCUT2D eigenvalue weighted by Gasteiger charge is 2.64. The van der Waals surface area contributed by atoms with Crippen LogP contribution in [-0.4, -0.2) is 93.8 Å². The summed E-state index contributed by atoms with van der Waals surface area (Å²) in [4.78, 5) is 0. The number of likely N-dealkylation sites (N-methyl/N-ethyl adjacent to an activating group) is 2. The summed E-state index contributed by atoms with van der Waals surface area (Å²) in [5.74, 6) is -2.37. The Morgan fingerprint density at radius 2 is 1.62 bits per heavy atom. The average Bonchev–Trinajstić information content (AvgIpc) is 2.57. The highest BCUT2D eigenvalue weighted by molar-refractivity contribution is 5.10. The van der Waals surface area contributed by atoms with Crippen molar-refractivity contribution in [1.82, 2.24) is 10.6 Å². The van der Waals surface area contributed by atoms with Crippen LogP contribution in [0.2, 0.25) is 0 Å². The van der Waals surface area contributed by atoms with E-state index in [1.54, 1.807) is 21.0 Å². The number of rotatable bonds is 6. The van der Waals surface area contributed by atoms with E-state index in [-0.39, 0.29) is 18.8 Å². The quantitative estimate of drug-likeness (QED) is 0.276. The first-order valence-electron chi connectivity index (χ1n) is 9.23. The maximum absolute atomic E-state index is 11.1. The lowest BCUT2D eigenvalue weighted by Gasteiger charge is -2.57. The van der Waals surface area contributed by atoms with Gasteiger partial charge in [-0.05, 0) is 32.9 Å². The van der Waals surface area contributed by atoms with Gasteiger partial charge < -0.3 is 45.6 Å². The molecule has 0 bridgehead atoms. The van der Waals surface area contributed by atoms with Gasteiger partial charge in [-0.25, -0.2) is 0 Å². The number of aliphatic hydroxyl groups excluding tert-OH is 3. The van der Waals surface area contributed by atoms with Crippen LogP contribution in [0.5, 0.6) is 0 Å². The smallest absolute Gasteiger partial charge is 0.248 e. The van der Waals surface area contributed by atoms with Gasteiger partial charge in [0.05, 0.1) is 18.2 Å². The maximum atomic E-state index is 11.1. The van der Waals surface area contributed by atoms with E-state index in [1.807, 2.05) is 13.8 Å². The molecule has 2 aliphatic rings. The maximum Gasteiger partial charge on any atom is 0.248 e. The van der Waals surface area contributed by atoms with Crippen molar-refractivity contribution < 1.29 is 35.0 Å². The van der Waals surface area contributed by atoms with Crippen LogP contribution in [0.25, 0.3) is 0 Å².